The fourth-order valence-electron chi connectivity index (χ4n) is 3.55. The van der Waals surface area contributed by atoms with E-state index >= 15 is 0 Å². The van der Waals surface area contributed by atoms with Gasteiger partial charge in [0, 0.05) is 5.02 Å². The van der Waals surface area contributed by atoms with Crippen molar-refractivity contribution >= 4 is 21.4 Å². The molecule has 1 aliphatic rings. The summed E-state index contributed by atoms with van der Waals surface area (Å²) in [5, 5.41) is 0.570. The predicted molar refractivity (Wildman–Crippen MR) is 88.5 cm³/mol. The van der Waals surface area contributed by atoms with Crippen LogP contribution in [0, 0.1) is 11.3 Å². The Kier molecular flexibility index (Phi) is 5.37. The number of benzene rings is 1. The first kappa shape index (κ1) is 16.8. The predicted octanol–water partition coefficient (Wildman–Crippen LogP) is 5.11. The molecule has 1 saturated carbocycles. The Morgan fingerprint density at radius 3 is 2.33 bits per heavy atom. The molecule has 1 aromatic rings. The Bertz CT molecular complexity index is 559. The maximum atomic E-state index is 12.4. The molecule has 4 heteroatoms. The largest absolute Gasteiger partial charge is 0.224 e. The topological polar surface area (TPSA) is 34.1 Å². The van der Waals surface area contributed by atoms with Crippen molar-refractivity contribution in [3.63, 3.8) is 0 Å². The molecule has 0 amide bonds. The Morgan fingerprint density at radius 1 is 1.19 bits per heavy atom. The van der Waals surface area contributed by atoms with Crippen molar-refractivity contribution in [2.24, 2.45) is 11.3 Å². The van der Waals surface area contributed by atoms with Gasteiger partial charge < -0.3 is 0 Å². The van der Waals surface area contributed by atoms with Gasteiger partial charge in [-0.2, -0.15) is 0 Å². The molecule has 0 aliphatic heterocycles. The van der Waals surface area contributed by atoms with E-state index in [-0.39, 0.29) is 5.75 Å². The van der Waals surface area contributed by atoms with E-state index in [2.05, 4.69) is 13.8 Å². The lowest BCUT2D eigenvalue weighted by molar-refractivity contribution is 0.259. The van der Waals surface area contributed by atoms with Crippen LogP contribution < -0.4 is 0 Å². The van der Waals surface area contributed by atoms with Gasteiger partial charge in [0.05, 0.1) is 10.6 Å². The summed E-state index contributed by atoms with van der Waals surface area (Å²) in [6.45, 7) is 4.52. The van der Waals surface area contributed by atoms with Gasteiger partial charge in [0.2, 0.25) is 0 Å². The van der Waals surface area contributed by atoms with Gasteiger partial charge in [-0.25, -0.2) is 8.42 Å². The number of rotatable bonds is 6. The lowest BCUT2D eigenvalue weighted by atomic mass is 9.80. The van der Waals surface area contributed by atoms with Crippen LogP contribution in [0.15, 0.2) is 29.2 Å². The van der Waals surface area contributed by atoms with Gasteiger partial charge in [-0.15, -0.1) is 0 Å². The highest BCUT2D eigenvalue weighted by atomic mass is 35.5. The number of hydrogen-bond acceptors (Lipinski definition) is 2. The average Bonchev–Trinajstić information content (AvgIpc) is 2.90. The molecule has 1 unspecified atom stereocenters. The van der Waals surface area contributed by atoms with Crippen molar-refractivity contribution in [3.8, 4) is 0 Å². The van der Waals surface area contributed by atoms with Crippen LogP contribution in [0.2, 0.25) is 5.02 Å². The number of halogens is 1. The molecule has 1 fully saturated rings. The second-order valence-electron chi connectivity index (χ2n) is 6.38. The van der Waals surface area contributed by atoms with Gasteiger partial charge >= 0.3 is 0 Å². The fourth-order valence-corrected chi connectivity index (χ4v) is 5.10. The van der Waals surface area contributed by atoms with Crippen LogP contribution in [0.5, 0.6) is 0 Å². The Morgan fingerprint density at radius 2 is 1.81 bits per heavy atom. The SMILES string of the molecule is CCC1(CC)CCC(CCS(=O)(=O)c2ccc(Cl)cc2)C1. The molecule has 0 saturated heterocycles. The van der Waals surface area contributed by atoms with Crippen LogP contribution in [0.4, 0.5) is 0 Å². The summed E-state index contributed by atoms with van der Waals surface area (Å²) < 4.78 is 24.7. The lowest BCUT2D eigenvalue weighted by Crippen LogP contribution is -2.15. The third kappa shape index (κ3) is 4.01. The molecule has 0 aromatic heterocycles. The first-order valence-electron chi connectivity index (χ1n) is 7.89. The van der Waals surface area contributed by atoms with E-state index in [4.69, 9.17) is 11.6 Å². The van der Waals surface area contributed by atoms with E-state index in [1.165, 1.54) is 32.1 Å². The third-order valence-electron chi connectivity index (χ3n) is 5.27. The maximum absolute atomic E-state index is 12.4. The summed E-state index contributed by atoms with van der Waals surface area (Å²) in [5.41, 5.74) is 0.467. The summed E-state index contributed by atoms with van der Waals surface area (Å²) in [5.74, 6) is 0.815. The fraction of sp³-hybridized carbons (Fsp3) is 0.647. The summed E-state index contributed by atoms with van der Waals surface area (Å²) in [7, 11) is -3.17. The van der Waals surface area contributed by atoms with Crippen molar-refractivity contribution in [1.82, 2.24) is 0 Å². The van der Waals surface area contributed by atoms with Crippen molar-refractivity contribution in [2.75, 3.05) is 5.75 Å². The summed E-state index contributed by atoms with van der Waals surface area (Å²) in [6.07, 6.45) is 6.83. The van der Waals surface area contributed by atoms with Crippen LogP contribution in [0.25, 0.3) is 0 Å². The Hall–Kier alpha value is -0.540. The molecule has 118 valence electrons. The maximum Gasteiger partial charge on any atom is 0.178 e. The van der Waals surface area contributed by atoms with Crippen molar-refractivity contribution in [2.45, 2.75) is 57.3 Å². The zero-order valence-corrected chi connectivity index (χ0v) is 14.5. The second kappa shape index (κ2) is 6.70. The standard InChI is InChI=1S/C17H25ClO2S/c1-3-17(4-2)11-9-14(13-17)10-12-21(19,20)16-7-5-15(18)6-8-16/h5-8,14H,3-4,9-13H2,1-2H3. The summed E-state index contributed by atoms with van der Waals surface area (Å²) >= 11 is 5.81. The molecule has 0 N–H and O–H groups in total. The molecule has 1 aromatic carbocycles. The van der Waals surface area contributed by atoms with Crippen molar-refractivity contribution < 1.29 is 8.42 Å². The molecule has 2 nitrogen and oxygen atoms in total. The van der Waals surface area contributed by atoms with Gasteiger partial charge in [0.15, 0.2) is 9.84 Å². The van der Waals surface area contributed by atoms with Crippen molar-refractivity contribution in [3.05, 3.63) is 29.3 Å². The van der Waals surface area contributed by atoms with Crippen LogP contribution in [0.3, 0.4) is 0 Å². The number of sulfone groups is 1. The van der Waals surface area contributed by atoms with Gasteiger partial charge in [-0.1, -0.05) is 38.3 Å². The van der Waals surface area contributed by atoms with Crippen LogP contribution in [-0.2, 0) is 9.84 Å². The molecule has 1 atom stereocenters. The van der Waals surface area contributed by atoms with E-state index in [9.17, 15) is 8.42 Å². The minimum absolute atomic E-state index is 0.253. The van der Waals surface area contributed by atoms with Crippen molar-refractivity contribution in [1.29, 1.82) is 0 Å². The van der Waals surface area contributed by atoms with Gasteiger partial charge in [0.1, 0.15) is 0 Å². The Balaban J connectivity index is 1.95. The molecule has 2 rings (SSSR count). The van der Waals surface area contributed by atoms with Gasteiger partial charge in [0.25, 0.3) is 0 Å². The van der Waals surface area contributed by atoms with E-state index in [0.29, 0.717) is 21.3 Å². The smallest absolute Gasteiger partial charge is 0.178 e. The minimum atomic E-state index is -3.17. The van der Waals surface area contributed by atoms with E-state index in [1.54, 1.807) is 24.3 Å². The van der Waals surface area contributed by atoms with Crippen LogP contribution in [-0.4, -0.2) is 14.2 Å². The molecule has 0 spiro atoms. The highest BCUT2D eigenvalue weighted by molar-refractivity contribution is 7.91. The highest BCUT2D eigenvalue weighted by Crippen LogP contribution is 2.47. The average molecular weight is 329 g/mol. The van der Waals surface area contributed by atoms with Crippen LogP contribution in [0.1, 0.15) is 52.4 Å². The van der Waals surface area contributed by atoms with Gasteiger partial charge in [-0.05, 0) is 61.3 Å². The monoisotopic (exact) mass is 328 g/mol. The first-order valence-corrected chi connectivity index (χ1v) is 9.92. The quantitative estimate of drug-likeness (QED) is 0.727. The summed E-state index contributed by atoms with van der Waals surface area (Å²) in [4.78, 5) is 0.391. The molecule has 21 heavy (non-hydrogen) atoms. The lowest BCUT2D eigenvalue weighted by Gasteiger charge is -2.26. The van der Waals surface area contributed by atoms with Gasteiger partial charge in [-0.3, -0.25) is 0 Å². The number of hydrogen-bond donors (Lipinski definition) is 0. The van der Waals surface area contributed by atoms with E-state index < -0.39 is 9.84 Å². The molecular weight excluding hydrogens is 304 g/mol. The zero-order valence-electron chi connectivity index (χ0n) is 12.9. The molecule has 0 bridgehead atoms. The molecular formula is C17H25ClO2S. The molecule has 1 aliphatic carbocycles. The minimum Gasteiger partial charge on any atom is -0.224 e. The van der Waals surface area contributed by atoms with E-state index in [1.807, 2.05) is 0 Å². The van der Waals surface area contributed by atoms with E-state index in [0.717, 1.165) is 6.42 Å². The normalized spacial score (nSPS) is 21.6. The second-order valence-corrected chi connectivity index (χ2v) is 8.92. The Labute approximate surface area is 133 Å². The summed E-state index contributed by atoms with van der Waals surface area (Å²) in [6, 6.07) is 6.50. The molecule has 0 heterocycles. The van der Waals surface area contributed by atoms with Crippen LogP contribution >= 0.6 is 11.6 Å². The third-order valence-corrected chi connectivity index (χ3v) is 7.29. The zero-order chi connectivity index (χ0) is 15.5. The molecule has 0 radical (unpaired) electrons. The highest BCUT2D eigenvalue weighted by Gasteiger charge is 2.36. The first-order chi connectivity index (χ1) is 9.91.